The van der Waals surface area contributed by atoms with Crippen molar-refractivity contribution in [3.63, 3.8) is 0 Å². The summed E-state index contributed by atoms with van der Waals surface area (Å²) in [6.07, 6.45) is 0. The molecule has 0 aliphatic carbocycles. The highest BCUT2D eigenvalue weighted by Crippen LogP contribution is 2.19. The van der Waals surface area contributed by atoms with Crippen LogP contribution in [0.15, 0.2) is 23.1 Å². The fraction of sp³-hybridized carbons (Fsp3) is 0.364. The first-order valence-electron chi connectivity index (χ1n) is 5.42. The van der Waals surface area contributed by atoms with Crippen LogP contribution in [0.25, 0.3) is 0 Å². The van der Waals surface area contributed by atoms with Crippen molar-refractivity contribution in [3.05, 3.63) is 29.6 Å². The SMILES string of the molecule is COC(=O)c1ccc(F)cc1S(=O)(=O)NC1COC1. The molecule has 0 amide bonds. The number of ether oxygens (including phenoxy) is 2. The summed E-state index contributed by atoms with van der Waals surface area (Å²) in [6, 6.07) is 2.50. The minimum absolute atomic E-state index is 0.211. The van der Waals surface area contributed by atoms with Crippen molar-refractivity contribution in [2.45, 2.75) is 10.9 Å². The number of carbonyl (C=O) groups excluding carboxylic acids is 1. The average Bonchev–Trinajstić information content (AvgIpc) is 2.33. The third kappa shape index (κ3) is 2.91. The summed E-state index contributed by atoms with van der Waals surface area (Å²) >= 11 is 0. The lowest BCUT2D eigenvalue weighted by molar-refractivity contribution is 0.00481. The van der Waals surface area contributed by atoms with Gasteiger partial charge in [0.2, 0.25) is 10.0 Å². The molecule has 0 spiro atoms. The van der Waals surface area contributed by atoms with Crippen LogP contribution in [0, 0.1) is 5.82 Å². The summed E-state index contributed by atoms with van der Waals surface area (Å²) in [7, 11) is -2.88. The molecule has 0 radical (unpaired) electrons. The van der Waals surface area contributed by atoms with Crippen LogP contribution in [0.4, 0.5) is 4.39 Å². The molecular weight excluding hydrogens is 277 g/mol. The van der Waals surface area contributed by atoms with E-state index in [0.717, 1.165) is 25.3 Å². The van der Waals surface area contributed by atoms with Gasteiger partial charge >= 0.3 is 5.97 Å². The van der Waals surface area contributed by atoms with Gasteiger partial charge in [-0.05, 0) is 18.2 Å². The summed E-state index contributed by atoms with van der Waals surface area (Å²) in [6.45, 7) is 0.504. The Morgan fingerprint density at radius 3 is 2.68 bits per heavy atom. The molecule has 0 atom stereocenters. The summed E-state index contributed by atoms with van der Waals surface area (Å²) in [5, 5.41) is 0. The zero-order chi connectivity index (χ0) is 14.0. The van der Waals surface area contributed by atoms with Gasteiger partial charge in [-0.3, -0.25) is 0 Å². The Morgan fingerprint density at radius 2 is 2.16 bits per heavy atom. The molecule has 6 nitrogen and oxygen atoms in total. The van der Waals surface area contributed by atoms with Crippen molar-refractivity contribution >= 4 is 16.0 Å². The lowest BCUT2D eigenvalue weighted by atomic mass is 10.2. The van der Waals surface area contributed by atoms with E-state index in [9.17, 15) is 17.6 Å². The summed E-state index contributed by atoms with van der Waals surface area (Å²) in [5.41, 5.74) is -0.211. The fourth-order valence-electron chi connectivity index (χ4n) is 1.58. The van der Waals surface area contributed by atoms with Crippen LogP contribution >= 0.6 is 0 Å². The molecule has 1 aromatic rings. The molecule has 8 heteroatoms. The maximum atomic E-state index is 13.2. The van der Waals surface area contributed by atoms with Crippen molar-refractivity contribution in [2.75, 3.05) is 20.3 Å². The second-order valence-electron chi connectivity index (χ2n) is 3.99. The molecule has 1 aliphatic heterocycles. The zero-order valence-corrected chi connectivity index (χ0v) is 10.9. The van der Waals surface area contributed by atoms with Crippen LogP contribution < -0.4 is 4.72 Å². The second-order valence-corrected chi connectivity index (χ2v) is 5.67. The van der Waals surface area contributed by atoms with E-state index in [2.05, 4.69) is 9.46 Å². The van der Waals surface area contributed by atoms with Gasteiger partial charge in [0.05, 0.1) is 36.8 Å². The van der Waals surface area contributed by atoms with Crippen LogP contribution in [0.5, 0.6) is 0 Å². The quantitative estimate of drug-likeness (QED) is 0.806. The minimum Gasteiger partial charge on any atom is -0.465 e. The number of hydrogen-bond donors (Lipinski definition) is 1. The van der Waals surface area contributed by atoms with Gasteiger partial charge in [0.1, 0.15) is 5.82 Å². The molecule has 1 N–H and O–H groups in total. The number of methoxy groups -OCH3 is 1. The fourth-order valence-corrected chi connectivity index (χ4v) is 2.99. The topological polar surface area (TPSA) is 81.7 Å². The Morgan fingerprint density at radius 1 is 1.47 bits per heavy atom. The number of esters is 1. The Hall–Kier alpha value is -1.51. The molecule has 1 saturated heterocycles. The number of rotatable bonds is 4. The lowest BCUT2D eigenvalue weighted by Crippen LogP contribution is -2.48. The van der Waals surface area contributed by atoms with Gasteiger partial charge in [0.25, 0.3) is 0 Å². The summed E-state index contributed by atoms with van der Waals surface area (Å²) in [4.78, 5) is 11.1. The minimum atomic E-state index is -4.00. The molecule has 0 unspecified atom stereocenters. The van der Waals surface area contributed by atoms with Crippen LogP contribution in [0.2, 0.25) is 0 Å². The zero-order valence-electron chi connectivity index (χ0n) is 10.1. The maximum Gasteiger partial charge on any atom is 0.339 e. The molecule has 0 bridgehead atoms. The predicted molar refractivity (Wildman–Crippen MR) is 62.7 cm³/mol. The van der Waals surface area contributed by atoms with E-state index >= 15 is 0 Å². The van der Waals surface area contributed by atoms with E-state index < -0.39 is 26.7 Å². The molecule has 1 aliphatic rings. The highest BCUT2D eigenvalue weighted by Gasteiger charge is 2.29. The molecular formula is C11H12FNO5S. The number of nitrogens with one attached hydrogen (secondary N) is 1. The number of benzene rings is 1. The number of sulfonamides is 1. The summed E-state index contributed by atoms with van der Waals surface area (Å²) in [5.74, 6) is -1.59. The highest BCUT2D eigenvalue weighted by molar-refractivity contribution is 7.89. The lowest BCUT2D eigenvalue weighted by Gasteiger charge is -2.26. The number of hydrogen-bond acceptors (Lipinski definition) is 5. The average molecular weight is 289 g/mol. The molecule has 1 aromatic carbocycles. The largest absolute Gasteiger partial charge is 0.465 e. The van der Waals surface area contributed by atoms with Gasteiger partial charge in [0.15, 0.2) is 0 Å². The smallest absolute Gasteiger partial charge is 0.339 e. The van der Waals surface area contributed by atoms with Crippen LogP contribution in [-0.4, -0.2) is 40.8 Å². The predicted octanol–water partition coefficient (Wildman–Crippen LogP) is 0.289. The third-order valence-electron chi connectivity index (χ3n) is 2.60. The number of halogens is 1. The Labute approximate surface area is 109 Å². The van der Waals surface area contributed by atoms with E-state index in [1.165, 1.54) is 0 Å². The van der Waals surface area contributed by atoms with E-state index in [0.29, 0.717) is 0 Å². The normalized spacial score (nSPS) is 15.9. The molecule has 0 saturated carbocycles. The van der Waals surface area contributed by atoms with E-state index in [4.69, 9.17) is 4.74 Å². The molecule has 19 heavy (non-hydrogen) atoms. The van der Waals surface area contributed by atoms with Crippen LogP contribution in [0.1, 0.15) is 10.4 Å². The third-order valence-corrected chi connectivity index (χ3v) is 4.16. The van der Waals surface area contributed by atoms with Crippen molar-refractivity contribution in [2.24, 2.45) is 0 Å². The molecule has 1 fully saturated rings. The van der Waals surface area contributed by atoms with Crippen molar-refractivity contribution in [1.82, 2.24) is 4.72 Å². The monoisotopic (exact) mass is 289 g/mol. The molecule has 0 aromatic heterocycles. The van der Waals surface area contributed by atoms with Gasteiger partial charge in [-0.15, -0.1) is 0 Å². The molecule has 104 valence electrons. The van der Waals surface area contributed by atoms with Gasteiger partial charge in [-0.2, -0.15) is 0 Å². The van der Waals surface area contributed by atoms with Crippen molar-refractivity contribution in [3.8, 4) is 0 Å². The second kappa shape index (κ2) is 5.24. The van der Waals surface area contributed by atoms with Gasteiger partial charge in [0, 0.05) is 0 Å². The van der Waals surface area contributed by atoms with Crippen LogP contribution in [0.3, 0.4) is 0 Å². The van der Waals surface area contributed by atoms with Crippen LogP contribution in [-0.2, 0) is 19.5 Å². The Balaban J connectivity index is 2.41. The van der Waals surface area contributed by atoms with Crippen molar-refractivity contribution < 1.29 is 27.1 Å². The van der Waals surface area contributed by atoms with E-state index in [-0.39, 0.29) is 24.8 Å². The first-order valence-corrected chi connectivity index (χ1v) is 6.90. The van der Waals surface area contributed by atoms with E-state index in [1.807, 2.05) is 0 Å². The van der Waals surface area contributed by atoms with Gasteiger partial charge in [-0.25, -0.2) is 22.3 Å². The van der Waals surface area contributed by atoms with Gasteiger partial charge < -0.3 is 9.47 Å². The van der Waals surface area contributed by atoms with Crippen molar-refractivity contribution in [1.29, 1.82) is 0 Å². The summed E-state index contributed by atoms with van der Waals surface area (Å²) < 4.78 is 49.0. The first kappa shape index (κ1) is 13.9. The standard InChI is InChI=1S/C11H12FNO5S/c1-17-11(14)9-3-2-7(12)4-10(9)19(15,16)13-8-5-18-6-8/h2-4,8,13H,5-6H2,1H3. The Bertz CT molecular complexity index is 597. The number of carbonyl (C=O) groups is 1. The molecule has 2 rings (SSSR count). The Kier molecular flexibility index (Phi) is 3.83. The molecule has 1 heterocycles. The highest BCUT2D eigenvalue weighted by atomic mass is 32.2. The van der Waals surface area contributed by atoms with E-state index in [1.54, 1.807) is 0 Å². The first-order chi connectivity index (χ1) is 8.94. The van der Waals surface area contributed by atoms with Gasteiger partial charge in [-0.1, -0.05) is 0 Å². The maximum absolute atomic E-state index is 13.2.